The van der Waals surface area contributed by atoms with Gasteiger partial charge in [0.1, 0.15) is 12.0 Å². The van der Waals surface area contributed by atoms with Crippen LogP contribution < -0.4 is 5.32 Å². The predicted molar refractivity (Wildman–Crippen MR) is 67.1 cm³/mol. The normalized spacial score (nSPS) is 12.2. The average molecular weight is 241 g/mol. The Bertz CT molecular complexity index is 384. The van der Waals surface area contributed by atoms with E-state index in [9.17, 15) is 10.1 Å². The summed E-state index contributed by atoms with van der Waals surface area (Å²) < 4.78 is 0. The molecule has 1 aromatic heterocycles. The molecule has 16 heavy (non-hydrogen) atoms. The minimum Gasteiger partial charge on any atom is -0.369 e. The Morgan fingerprint density at radius 2 is 2.38 bits per heavy atom. The molecule has 0 aliphatic heterocycles. The molecule has 5 nitrogen and oxygen atoms in total. The van der Waals surface area contributed by atoms with Crippen LogP contribution in [0.2, 0.25) is 0 Å². The molecule has 0 radical (unpaired) electrons. The molecule has 1 N–H and O–H groups in total. The highest BCUT2D eigenvalue weighted by Crippen LogP contribution is 2.18. The van der Waals surface area contributed by atoms with Crippen LogP contribution in [-0.2, 0) is 0 Å². The summed E-state index contributed by atoms with van der Waals surface area (Å²) in [5, 5.41) is 14.2. The van der Waals surface area contributed by atoms with Crippen molar-refractivity contribution >= 4 is 23.3 Å². The van der Waals surface area contributed by atoms with E-state index in [4.69, 9.17) is 0 Å². The van der Waals surface area contributed by atoms with Gasteiger partial charge in [-0.15, -0.1) is 0 Å². The second-order valence-electron chi connectivity index (χ2n) is 3.54. The van der Waals surface area contributed by atoms with E-state index in [-0.39, 0.29) is 5.69 Å². The third kappa shape index (κ3) is 3.37. The Balaban J connectivity index is 2.72. The van der Waals surface area contributed by atoms with Gasteiger partial charge in [-0.25, -0.2) is 4.98 Å². The van der Waals surface area contributed by atoms with Crippen LogP contribution in [-0.4, -0.2) is 28.0 Å². The van der Waals surface area contributed by atoms with Gasteiger partial charge in [0.2, 0.25) is 0 Å². The number of nitrogens with one attached hydrogen (secondary N) is 1. The lowest BCUT2D eigenvalue weighted by molar-refractivity contribution is -0.385. The van der Waals surface area contributed by atoms with E-state index in [1.165, 1.54) is 12.3 Å². The monoisotopic (exact) mass is 241 g/mol. The Morgan fingerprint density at radius 1 is 1.69 bits per heavy atom. The molecule has 1 rings (SSSR count). The van der Waals surface area contributed by atoms with Gasteiger partial charge in [-0.1, -0.05) is 6.92 Å². The lowest BCUT2D eigenvalue weighted by Crippen LogP contribution is -2.14. The first-order valence-electron chi connectivity index (χ1n) is 4.92. The Labute approximate surface area is 98.8 Å². The largest absolute Gasteiger partial charge is 0.369 e. The lowest BCUT2D eigenvalue weighted by Gasteiger charge is -2.11. The number of aromatic nitrogens is 1. The summed E-state index contributed by atoms with van der Waals surface area (Å²) in [4.78, 5) is 14.1. The molecule has 1 aromatic rings. The fourth-order valence-corrected chi connectivity index (χ4v) is 1.42. The van der Waals surface area contributed by atoms with E-state index >= 15 is 0 Å². The number of aryl methyl sites for hydroxylation is 1. The molecule has 0 fully saturated rings. The van der Waals surface area contributed by atoms with Crippen LogP contribution in [0.5, 0.6) is 0 Å². The van der Waals surface area contributed by atoms with Gasteiger partial charge < -0.3 is 5.32 Å². The van der Waals surface area contributed by atoms with Crippen LogP contribution >= 0.6 is 11.8 Å². The van der Waals surface area contributed by atoms with Crippen LogP contribution in [0.15, 0.2) is 12.3 Å². The summed E-state index contributed by atoms with van der Waals surface area (Å²) >= 11 is 1.76. The van der Waals surface area contributed by atoms with Crippen molar-refractivity contribution in [2.75, 3.05) is 18.1 Å². The number of hydrogen-bond acceptors (Lipinski definition) is 5. The van der Waals surface area contributed by atoms with Gasteiger partial charge in [-0.3, -0.25) is 10.1 Å². The number of anilines is 1. The number of thioether (sulfide) groups is 1. The summed E-state index contributed by atoms with van der Waals surface area (Å²) in [6.45, 7) is 4.72. The van der Waals surface area contributed by atoms with Crippen molar-refractivity contribution in [1.82, 2.24) is 4.98 Å². The quantitative estimate of drug-likeness (QED) is 0.633. The maximum atomic E-state index is 10.5. The molecule has 0 aromatic carbocycles. The van der Waals surface area contributed by atoms with Crippen molar-refractivity contribution in [3.63, 3.8) is 0 Å². The van der Waals surface area contributed by atoms with Crippen molar-refractivity contribution in [2.24, 2.45) is 0 Å². The topological polar surface area (TPSA) is 68.1 Å². The highest BCUT2D eigenvalue weighted by Gasteiger charge is 2.09. The highest BCUT2D eigenvalue weighted by molar-refractivity contribution is 7.99. The molecule has 1 heterocycles. The minimum atomic E-state index is -0.436. The lowest BCUT2D eigenvalue weighted by atomic mass is 10.2. The fourth-order valence-electron chi connectivity index (χ4n) is 1.17. The number of rotatable bonds is 5. The molecule has 88 valence electrons. The number of nitro groups is 1. The zero-order valence-corrected chi connectivity index (χ0v) is 10.4. The van der Waals surface area contributed by atoms with Crippen molar-refractivity contribution in [3.8, 4) is 0 Å². The second-order valence-corrected chi connectivity index (χ2v) is 4.82. The van der Waals surface area contributed by atoms with E-state index in [0.717, 1.165) is 12.1 Å². The molecular weight excluding hydrogens is 226 g/mol. The molecule has 0 spiro atoms. The van der Waals surface area contributed by atoms with Crippen molar-refractivity contribution < 1.29 is 4.92 Å². The highest BCUT2D eigenvalue weighted by atomic mass is 32.2. The van der Waals surface area contributed by atoms with Gasteiger partial charge in [0.25, 0.3) is 5.69 Å². The van der Waals surface area contributed by atoms with Gasteiger partial charge >= 0.3 is 0 Å². The Hall–Kier alpha value is -1.30. The van der Waals surface area contributed by atoms with Crippen molar-refractivity contribution in [2.45, 2.75) is 19.1 Å². The molecular formula is C10H15N3O2S. The van der Waals surface area contributed by atoms with Gasteiger partial charge in [-0.05, 0) is 18.7 Å². The van der Waals surface area contributed by atoms with Gasteiger partial charge in [0.15, 0.2) is 0 Å². The number of pyridine rings is 1. The van der Waals surface area contributed by atoms with E-state index in [1.807, 2.05) is 13.2 Å². The summed E-state index contributed by atoms with van der Waals surface area (Å²) in [5.74, 6) is 0.714. The van der Waals surface area contributed by atoms with E-state index < -0.39 is 4.92 Å². The van der Waals surface area contributed by atoms with E-state index in [0.29, 0.717) is 11.1 Å². The maximum absolute atomic E-state index is 10.5. The SMILES string of the molecule is CS[C@H](C)CNc1ncc([N+](=O)[O-])cc1C. The van der Waals surface area contributed by atoms with E-state index in [2.05, 4.69) is 17.2 Å². The summed E-state index contributed by atoms with van der Waals surface area (Å²) in [6.07, 6.45) is 3.32. The molecule has 6 heteroatoms. The molecule has 0 saturated heterocycles. The molecule has 0 aliphatic carbocycles. The van der Waals surface area contributed by atoms with E-state index in [1.54, 1.807) is 11.8 Å². The predicted octanol–water partition coefficient (Wildman–Crippen LogP) is 2.46. The van der Waals surface area contributed by atoms with Gasteiger partial charge in [0, 0.05) is 17.9 Å². The van der Waals surface area contributed by atoms with Crippen LogP contribution in [0.25, 0.3) is 0 Å². The van der Waals surface area contributed by atoms with Gasteiger partial charge in [-0.2, -0.15) is 11.8 Å². The average Bonchev–Trinajstić information content (AvgIpc) is 2.26. The first kappa shape index (κ1) is 12.8. The molecule has 0 bridgehead atoms. The molecule has 0 aliphatic rings. The molecule has 0 saturated carbocycles. The van der Waals surface area contributed by atoms with Crippen molar-refractivity contribution in [3.05, 3.63) is 27.9 Å². The maximum Gasteiger partial charge on any atom is 0.287 e. The van der Waals surface area contributed by atoms with Crippen molar-refractivity contribution in [1.29, 1.82) is 0 Å². The minimum absolute atomic E-state index is 0.0287. The van der Waals surface area contributed by atoms with Crippen LogP contribution in [0, 0.1) is 17.0 Å². The summed E-state index contributed by atoms with van der Waals surface area (Å²) in [6, 6.07) is 1.53. The van der Waals surface area contributed by atoms with Crippen LogP contribution in [0.3, 0.4) is 0 Å². The van der Waals surface area contributed by atoms with Crippen LogP contribution in [0.4, 0.5) is 11.5 Å². The molecule has 0 unspecified atom stereocenters. The zero-order valence-electron chi connectivity index (χ0n) is 9.56. The standard InChI is InChI=1S/C10H15N3O2S/c1-7-4-9(13(14)15)6-12-10(7)11-5-8(2)16-3/h4,6,8H,5H2,1-3H3,(H,11,12)/t8-/m1/s1. The molecule has 1 atom stereocenters. The second kappa shape index (κ2) is 5.69. The Kier molecular flexibility index (Phi) is 4.54. The van der Waals surface area contributed by atoms with Crippen LogP contribution in [0.1, 0.15) is 12.5 Å². The van der Waals surface area contributed by atoms with Gasteiger partial charge in [0.05, 0.1) is 4.92 Å². The summed E-state index contributed by atoms with van der Waals surface area (Å²) in [7, 11) is 0. The zero-order chi connectivity index (χ0) is 12.1. The molecule has 0 amide bonds. The number of nitrogens with zero attached hydrogens (tertiary/aromatic N) is 2. The smallest absolute Gasteiger partial charge is 0.287 e. The Morgan fingerprint density at radius 3 is 2.88 bits per heavy atom. The fraction of sp³-hybridized carbons (Fsp3) is 0.500. The third-order valence-electron chi connectivity index (χ3n) is 2.23. The first-order chi connectivity index (χ1) is 7.54. The first-order valence-corrected chi connectivity index (χ1v) is 6.21. The number of hydrogen-bond donors (Lipinski definition) is 1. The summed E-state index contributed by atoms with van der Waals surface area (Å²) in [5.41, 5.74) is 0.823. The third-order valence-corrected chi connectivity index (χ3v) is 3.21.